The number of carboxylic acid groups (broad SMARTS) is 1. The quantitative estimate of drug-likeness (QED) is 0.659. The molecule has 0 bridgehead atoms. The van der Waals surface area contributed by atoms with Crippen LogP contribution in [0.15, 0.2) is 0 Å². The van der Waals surface area contributed by atoms with E-state index in [0.29, 0.717) is 13.0 Å². The molecule has 1 aliphatic rings. The van der Waals surface area contributed by atoms with E-state index in [0.717, 1.165) is 0 Å². The SMILES string of the molecule is CCOc1n[nH]c(NC(=O)[C@@H]2C[C@@H]2C(=O)O)n1. The zero-order valence-corrected chi connectivity index (χ0v) is 9.14. The highest BCUT2D eigenvalue weighted by Gasteiger charge is 2.48. The molecule has 0 aliphatic heterocycles. The van der Waals surface area contributed by atoms with Crippen LogP contribution >= 0.6 is 0 Å². The van der Waals surface area contributed by atoms with Crippen LogP contribution in [0.4, 0.5) is 5.95 Å². The number of H-pyrrole nitrogens is 1. The second-order valence-corrected chi connectivity index (χ2v) is 3.68. The maximum atomic E-state index is 11.6. The summed E-state index contributed by atoms with van der Waals surface area (Å²) in [5.41, 5.74) is 0. The van der Waals surface area contributed by atoms with E-state index in [4.69, 9.17) is 9.84 Å². The Hall–Kier alpha value is -2.12. The van der Waals surface area contributed by atoms with E-state index >= 15 is 0 Å². The van der Waals surface area contributed by atoms with Crippen molar-refractivity contribution in [3.63, 3.8) is 0 Å². The van der Waals surface area contributed by atoms with Crippen LogP contribution in [0.25, 0.3) is 0 Å². The molecule has 8 nitrogen and oxygen atoms in total. The number of ether oxygens (including phenoxy) is 1. The van der Waals surface area contributed by atoms with Crippen molar-refractivity contribution in [2.75, 3.05) is 11.9 Å². The molecule has 0 unspecified atom stereocenters. The number of aliphatic carboxylic acids is 1. The largest absolute Gasteiger partial charge is 0.481 e. The van der Waals surface area contributed by atoms with Crippen molar-refractivity contribution in [2.24, 2.45) is 11.8 Å². The minimum absolute atomic E-state index is 0.147. The molecule has 1 aromatic rings. The molecule has 2 rings (SSSR count). The predicted octanol–water partition coefficient (Wildman–Crippen LogP) is -0.137. The molecule has 3 N–H and O–H groups in total. The first-order valence-corrected chi connectivity index (χ1v) is 5.20. The van der Waals surface area contributed by atoms with Crippen molar-refractivity contribution >= 4 is 17.8 Å². The Morgan fingerprint density at radius 2 is 2.35 bits per heavy atom. The lowest BCUT2D eigenvalue weighted by molar-refractivity contribution is -0.139. The van der Waals surface area contributed by atoms with Gasteiger partial charge >= 0.3 is 12.0 Å². The summed E-state index contributed by atoms with van der Waals surface area (Å²) >= 11 is 0. The van der Waals surface area contributed by atoms with Crippen LogP contribution in [0.2, 0.25) is 0 Å². The first-order valence-electron chi connectivity index (χ1n) is 5.20. The molecular formula is C9H12N4O4. The summed E-state index contributed by atoms with van der Waals surface area (Å²) in [5, 5.41) is 17.3. The smallest absolute Gasteiger partial charge is 0.337 e. The lowest BCUT2D eigenvalue weighted by Crippen LogP contribution is -2.17. The number of hydrogen-bond acceptors (Lipinski definition) is 5. The van der Waals surface area contributed by atoms with Crippen molar-refractivity contribution < 1.29 is 19.4 Å². The minimum Gasteiger partial charge on any atom is -0.481 e. The molecule has 2 atom stereocenters. The van der Waals surface area contributed by atoms with E-state index in [9.17, 15) is 9.59 Å². The molecule has 1 saturated carbocycles. The Labute approximate surface area is 96.4 Å². The summed E-state index contributed by atoms with van der Waals surface area (Å²) in [4.78, 5) is 26.0. The van der Waals surface area contributed by atoms with Gasteiger partial charge in [-0.15, -0.1) is 5.10 Å². The Morgan fingerprint density at radius 3 is 2.94 bits per heavy atom. The molecule has 92 valence electrons. The van der Waals surface area contributed by atoms with Gasteiger partial charge in [0.1, 0.15) is 0 Å². The van der Waals surface area contributed by atoms with Gasteiger partial charge in [0, 0.05) is 0 Å². The molecule has 0 aromatic carbocycles. The molecule has 1 heterocycles. The third-order valence-electron chi connectivity index (χ3n) is 2.42. The number of nitrogens with zero attached hydrogens (tertiary/aromatic N) is 2. The van der Waals surface area contributed by atoms with Gasteiger partial charge in [0.25, 0.3) is 0 Å². The van der Waals surface area contributed by atoms with Gasteiger partial charge in [-0.2, -0.15) is 4.98 Å². The normalized spacial score (nSPS) is 21.9. The predicted molar refractivity (Wildman–Crippen MR) is 55.4 cm³/mol. The van der Waals surface area contributed by atoms with E-state index in [1.165, 1.54) is 0 Å². The lowest BCUT2D eigenvalue weighted by Gasteiger charge is -1.98. The molecule has 0 spiro atoms. The van der Waals surface area contributed by atoms with E-state index in [1.54, 1.807) is 6.92 Å². The number of nitrogens with one attached hydrogen (secondary N) is 2. The zero-order valence-electron chi connectivity index (χ0n) is 9.14. The number of carbonyl (C=O) groups is 2. The van der Waals surface area contributed by atoms with Crippen molar-refractivity contribution in [1.29, 1.82) is 0 Å². The van der Waals surface area contributed by atoms with Gasteiger partial charge in [0.15, 0.2) is 0 Å². The van der Waals surface area contributed by atoms with Crippen molar-refractivity contribution in [1.82, 2.24) is 15.2 Å². The average molecular weight is 240 g/mol. The second kappa shape index (κ2) is 4.40. The van der Waals surface area contributed by atoms with Crippen LogP contribution < -0.4 is 10.1 Å². The summed E-state index contributed by atoms with van der Waals surface area (Å²) < 4.78 is 5.00. The molecule has 17 heavy (non-hydrogen) atoms. The summed E-state index contributed by atoms with van der Waals surface area (Å²) in [6, 6.07) is 0.147. The fourth-order valence-electron chi connectivity index (χ4n) is 1.46. The molecule has 1 aliphatic carbocycles. The average Bonchev–Trinajstić information content (AvgIpc) is 2.97. The molecule has 0 radical (unpaired) electrons. The fourth-order valence-corrected chi connectivity index (χ4v) is 1.46. The summed E-state index contributed by atoms with van der Waals surface area (Å²) in [7, 11) is 0. The Bertz CT molecular complexity index is 444. The standard InChI is InChI=1S/C9H12N4O4/c1-2-17-9-11-8(12-13-9)10-6(14)4-3-5(4)7(15)16/h4-5H,2-3H2,1H3,(H,15,16)(H2,10,11,12,13,14)/t4-,5+/m1/s1. The van der Waals surface area contributed by atoms with Crippen LogP contribution in [-0.4, -0.2) is 38.8 Å². The Kier molecular flexibility index (Phi) is 2.94. The lowest BCUT2D eigenvalue weighted by atomic mass is 10.3. The van der Waals surface area contributed by atoms with Gasteiger partial charge in [-0.1, -0.05) is 0 Å². The highest BCUT2D eigenvalue weighted by atomic mass is 16.5. The number of rotatable bonds is 5. The number of hydrogen-bond donors (Lipinski definition) is 3. The number of carboxylic acids is 1. The number of amides is 1. The number of aromatic nitrogens is 3. The minimum atomic E-state index is -0.947. The van der Waals surface area contributed by atoms with Crippen LogP contribution in [0.5, 0.6) is 6.01 Å². The van der Waals surface area contributed by atoms with Gasteiger partial charge in [-0.25, -0.2) is 5.10 Å². The third-order valence-corrected chi connectivity index (χ3v) is 2.42. The molecule has 1 aromatic heterocycles. The molecule has 1 fully saturated rings. The van der Waals surface area contributed by atoms with E-state index < -0.39 is 17.8 Å². The maximum absolute atomic E-state index is 11.6. The highest BCUT2D eigenvalue weighted by Crippen LogP contribution is 2.39. The molecular weight excluding hydrogens is 228 g/mol. The van der Waals surface area contributed by atoms with E-state index in [1.807, 2.05) is 0 Å². The van der Waals surface area contributed by atoms with Crippen LogP contribution in [-0.2, 0) is 9.59 Å². The van der Waals surface area contributed by atoms with Gasteiger partial charge in [0.2, 0.25) is 11.9 Å². The monoisotopic (exact) mass is 240 g/mol. The van der Waals surface area contributed by atoms with Gasteiger partial charge < -0.3 is 9.84 Å². The van der Waals surface area contributed by atoms with Gasteiger partial charge in [-0.05, 0) is 13.3 Å². The van der Waals surface area contributed by atoms with Crippen molar-refractivity contribution in [3.05, 3.63) is 0 Å². The van der Waals surface area contributed by atoms with E-state index in [2.05, 4.69) is 20.5 Å². The second-order valence-electron chi connectivity index (χ2n) is 3.68. The molecule has 8 heteroatoms. The molecule has 1 amide bonds. The molecule has 0 saturated heterocycles. The first-order chi connectivity index (χ1) is 8.11. The number of carbonyl (C=O) groups excluding carboxylic acids is 1. The first kappa shape index (κ1) is 11.4. The Morgan fingerprint density at radius 1 is 1.59 bits per heavy atom. The van der Waals surface area contributed by atoms with Gasteiger partial charge in [-0.3, -0.25) is 14.9 Å². The fraction of sp³-hybridized carbons (Fsp3) is 0.556. The third kappa shape index (κ3) is 2.52. The highest BCUT2D eigenvalue weighted by molar-refractivity contribution is 5.97. The van der Waals surface area contributed by atoms with Crippen LogP contribution in [0.1, 0.15) is 13.3 Å². The van der Waals surface area contributed by atoms with E-state index in [-0.39, 0.29) is 17.9 Å². The van der Waals surface area contributed by atoms with Crippen molar-refractivity contribution in [3.8, 4) is 6.01 Å². The zero-order chi connectivity index (χ0) is 12.4. The van der Waals surface area contributed by atoms with Crippen molar-refractivity contribution in [2.45, 2.75) is 13.3 Å². The summed E-state index contributed by atoms with van der Waals surface area (Å²) in [5.74, 6) is -2.21. The van der Waals surface area contributed by atoms with Crippen LogP contribution in [0, 0.1) is 11.8 Å². The van der Waals surface area contributed by atoms with Crippen LogP contribution in [0.3, 0.4) is 0 Å². The maximum Gasteiger partial charge on any atom is 0.337 e. The summed E-state index contributed by atoms with van der Waals surface area (Å²) in [6.07, 6.45) is 0.369. The topological polar surface area (TPSA) is 117 Å². The number of aromatic amines is 1. The Balaban J connectivity index is 1.88. The summed E-state index contributed by atoms with van der Waals surface area (Å²) in [6.45, 7) is 2.21. The number of anilines is 1. The van der Waals surface area contributed by atoms with Gasteiger partial charge in [0.05, 0.1) is 18.4 Å².